The Kier molecular flexibility index (Phi) is 28.7. The van der Waals surface area contributed by atoms with E-state index in [0.29, 0.717) is 0 Å². The van der Waals surface area contributed by atoms with Crippen LogP contribution >= 0.6 is 47.5 Å². The van der Waals surface area contributed by atoms with Crippen molar-refractivity contribution in [3.63, 3.8) is 0 Å². The lowest BCUT2D eigenvalue weighted by atomic mass is 10.1. The fraction of sp³-hybridized carbons (Fsp3) is 0.0526. The smallest absolute Gasteiger partial charge is 0.0247 e. The molecule has 0 atom stereocenters. The minimum absolute atomic E-state index is 0.790. The number of hydrogen-bond donors (Lipinski definition) is 0. The van der Waals surface area contributed by atoms with Gasteiger partial charge in [0.05, 0.1) is 0 Å². The van der Waals surface area contributed by atoms with Crippen molar-refractivity contribution in [1.82, 2.24) is 9.80 Å². The van der Waals surface area contributed by atoms with E-state index in [1.807, 2.05) is 0 Å². The largest absolute Gasteiger partial charge is 0.291 e. The van der Waals surface area contributed by atoms with Crippen LogP contribution in [0.5, 0.6) is 0 Å². The van der Waals surface area contributed by atoms with Gasteiger partial charge in [-0.05, 0) is 176 Å². The number of rotatable bonds is 30. The van der Waals surface area contributed by atoms with Gasteiger partial charge in [0.1, 0.15) is 0 Å². The van der Waals surface area contributed by atoms with Crippen molar-refractivity contribution < 1.29 is 0 Å². The molecule has 0 aromatic heterocycles. The summed E-state index contributed by atoms with van der Waals surface area (Å²) in [6.45, 7) is 4.84. The standard InChI is InChI=1S/2C57H48NP3/c2*1-7-28-49(29-8-1)59(50-30-9-2-10-31-50)55-40-22-19-25-46(55)43-58(44-47-26-20-23-41-56(47)60(51-32-11-3-12-33-51)52-34-13-4-14-35-52)45-48-27-21-24-42-57(48)61(53-36-15-5-16-37-53)54-38-17-6-18-39-54/h2*1-42H,43-45H2. The second-order valence-electron chi connectivity index (χ2n) is 30.1. The van der Waals surface area contributed by atoms with Crippen LogP contribution in [-0.4, -0.2) is 9.80 Å². The van der Waals surface area contributed by atoms with Gasteiger partial charge < -0.3 is 0 Å². The molecule has 8 heteroatoms. The van der Waals surface area contributed by atoms with E-state index in [-0.39, 0.29) is 0 Å². The monoisotopic (exact) mass is 1680 g/mol. The molecule has 2 nitrogen and oxygen atoms in total. The molecule has 18 aromatic rings. The molecule has 0 saturated carbocycles. The highest BCUT2D eigenvalue weighted by molar-refractivity contribution is 7.82. The van der Waals surface area contributed by atoms with Crippen LogP contribution in [0.4, 0.5) is 0 Å². The van der Waals surface area contributed by atoms with E-state index in [1.165, 1.54) is 129 Å². The molecule has 0 bridgehead atoms. The zero-order valence-electron chi connectivity index (χ0n) is 68.3. The van der Waals surface area contributed by atoms with Gasteiger partial charge in [-0.3, -0.25) is 9.80 Å². The van der Waals surface area contributed by atoms with Crippen LogP contribution in [0.2, 0.25) is 0 Å². The summed E-state index contributed by atoms with van der Waals surface area (Å²) in [4.78, 5) is 5.43. The lowest BCUT2D eigenvalue weighted by Gasteiger charge is -2.30. The van der Waals surface area contributed by atoms with Gasteiger partial charge in [-0.1, -0.05) is 510 Å². The molecule has 0 fully saturated rings. The third-order valence-corrected chi connectivity index (χ3v) is 37.2. The Labute approximate surface area is 729 Å². The molecule has 0 amide bonds. The van der Waals surface area contributed by atoms with Crippen molar-refractivity contribution in [2.75, 3.05) is 0 Å². The molecule has 0 N–H and O–H groups in total. The topological polar surface area (TPSA) is 6.48 Å². The molecule has 592 valence electrons. The Balaban J connectivity index is 0.000000173. The summed E-state index contributed by atoms with van der Waals surface area (Å²) in [7, 11) is -4.74. The fourth-order valence-corrected chi connectivity index (χ4v) is 31.2. The average Bonchev–Trinajstić information content (AvgIpc) is 0.797. The van der Waals surface area contributed by atoms with Crippen molar-refractivity contribution in [3.8, 4) is 0 Å². The predicted molar refractivity (Wildman–Crippen MR) is 537 cm³/mol. The summed E-state index contributed by atoms with van der Waals surface area (Å²) in [5, 5.41) is 24.9. The molecule has 122 heavy (non-hydrogen) atoms. The van der Waals surface area contributed by atoms with Gasteiger partial charge in [0.25, 0.3) is 0 Å². The molecule has 18 rings (SSSR count). The van der Waals surface area contributed by atoms with E-state index in [0.717, 1.165) is 39.3 Å². The molecule has 0 spiro atoms. The first-order valence-electron chi connectivity index (χ1n) is 41.9. The Hall–Kier alpha value is -11.5. The zero-order valence-corrected chi connectivity index (χ0v) is 73.7. The molecule has 18 aromatic carbocycles. The van der Waals surface area contributed by atoms with Crippen LogP contribution in [0.3, 0.4) is 0 Å². The van der Waals surface area contributed by atoms with Gasteiger partial charge in [0.2, 0.25) is 0 Å². The van der Waals surface area contributed by atoms with E-state index < -0.39 is 47.5 Å². The predicted octanol–water partition coefficient (Wildman–Crippen LogP) is 20.3. The van der Waals surface area contributed by atoms with Gasteiger partial charge in [-0.15, -0.1) is 0 Å². The van der Waals surface area contributed by atoms with Gasteiger partial charge in [0, 0.05) is 39.3 Å². The summed E-state index contributed by atoms with van der Waals surface area (Å²) >= 11 is 0. The van der Waals surface area contributed by atoms with E-state index >= 15 is 0 Å². The van der Waals surface area contributed by atoms with Crippen molar-refractivity contribution in [2.45, 2.75) is 39.3 Å². The Morgan fingerprint density at radius 3 is 0.303 bits per heavy atom. The van der Waals surface area contributed by atoms with Crippen molar-refractivity contribution >= 4 is 143 Å². The van der Waals surface area contributed by atoms with Crippen LogP contribution in [-0.2, 0) is 39.3 Å². The third kappa shape index (κ3) is 20.6. The summed E-state index contributed by atoms with van der Waals surface area (Å²) in [5.41, 5.74) is 8.24. The lowest BCUT2D eigenvalue weighted by Crippen LogP contribution is -2.32. The number of hydrogen-bond acceptors (Lipinski definition) is 2. The molecule has 0 heterocycles. The van der Waals surface area contributed by atoms with E-state index in [2.05, 4.69) is 519 Å². The summed E-state index contributed by atoms with van der Waals surface area (Å²) < 4.78 is 0. The second-order valence-corrected chi connectivity index (χ2v) is 43.2. The van der Waals surface area contributed by atoms with Crippen LogP contribution in [0.15, 0.2) is 510 Å². The average molecular weight is 1680 g/mol. The van der Waals surface area contributed by atoms with Crippen LogP contribution in [0.25, 0.3) is 0 Å². The molecule has 0 saturated heterocycles. The highest BCUT2D eigenvalue weighted by Gasteiger charge is 2.30. The minimum atomic E-state index is -0.790. The van der Waals surface area contributed by atoms with Crippen LogP contribution < -0.4 is 95.5 Å². The SMILES string of the molecule is c1ccc(P(c2ccccc2)c2ccccc2CN(Cc2ccccc2P(c2ccccc2)c2ccccc2)Cc2ccccc2P(c2ccccc2)c2ccccc2)cc1.c1ccc(P(c2ccccc2)c2ccccc2CN(Cc2ccccc2P(c2ccccc2)c2ccccc2)Cc2ccccc2P(c2ccccc2)c2ccccc2)cc1. The summed E-state index contributed by atoms with van der Waals surface area (Å²) in [5.74, 6) is 0. The van der Waals surface area contributed by atoms with Gasteiger partial charge >= 0.3 is 0 Å². The van der Waals surface area contributed by atoms with E-state index in [1.54, 1.807) is 0 Å². The maximum atomic E-state index is 2.72. The first-order chi connectivity index (χ1) is 60.6. The summed E-state index contributed by atoms with van der Waals surface area (Å²) in [6.07, 6.45) is 0. The molecular formula is C114H96N2P6. The Bertz CT molecular complexity index is 5000. The van der Waals surface area contributed by atoms with Gasteiger partial charge in [-0.2, -0.15) is 0 Å². The van der Waals surface area contributed by atoms with Gasteiger partial charge in [-0.25, -0.2) is 0 Å². The summed E-state index contributed by atoms with van der Waals surface area (Å²) in [6, 6.07) is 189. The van der Waals surface area contributed by atoms with Crippen molar-refractivity contribution in [2.24, 2.45) is 0 Å². The number of benzene rings is 18. The second kappa shape index (κ2) is 42.3. The third-order valence-electron chi connectivity index (χ3n) is 21.9. The first kappa shape index (κ1) is 82.8. The maximum absolute atomic E-state index is 2.72. The Morgan fingerprint density at radius 1 is 0.107 bits per heavy atom. The normalized spacial score (nSPS) is 11.4. The quantitative estimate of drug-likeness (QED) is 0.0414. The van der Waals surface area contributed by atoms with Crippen LogP contribution in [0.1, 0.15) is 33.4 Å². The number of nitrogens with zero attached hydrogens (tertiary/aromatic N) is 2. The molecule has 0 aliphatic carbocycles. The van der Waals surface area contributed by atoms with E-state index in [9.17, 15) is 0 Å². The molecule has 0 aliphatic rings. The molecule has 0 aliphatic heterocycles. The maximum Gasteiger partial charge on any atom is 0.0247 e. The lowest BCUT2D eigenvalue weighted by molar-refractivity contribution is 0.249. The van der Waals surface area contributed by atoms with Crippen LogP contribution in [0, 0.1) is 0 Å². The van der Waals surface area contributed by atoms with Gasteiger partial charge in [0.15, 0.2) is 0 Å². The van der Waals surface area contributed by atoms with Crippen molar-refractivity contribution in [3.05, 3.63) is 543 Å². The zero-order chi connectivity index (χ0) is 82.1. The minimum Gasteiger partial charge on any atom is -0.291 e. The molecule has 0 unspecified atom stereocenters. The Morgan fingerprint density at radius 2 is 0.197 bits per heavy atom. The highest BCUT2D eigenvalue weighted by Crippen LogP contribution is 2.42. The van der Waals surface area contributed by atoms with E-state index in [4.69, 9.17) is 0 Å². The van der Waals surface area contributed by atoms with Crippen molar-refractivity contribution in [1.29, 1.82) is 0 Å². The molecular weight excluding hydrogens is 1580 g/mol. The fourth-order valence-electron chi connectivity index (χ4n) is 16.4. The molecule has 0 radical (unpaired) electrons. The highest BCUT2D eigenvalue weighted by atomic mass is 31.1. The first-order valence-corrected chi connectivity index (χ1v) is 50.0.